The van der Waals surface area contributed by atoms with Crippen molar-refractivity contribution in [2.24, 2.45) is 0 Å². The molecule has 0 bridgehead atoms. The maximum atomic E-state index is 13.2. The SMILES string of the molecule is Cc1cccc(-c2nc(C(C)C)no2)c1NC(=O)c1ccc2c(c1)C(=O)N(Cc1ccccc1)C2=O. The number of hydrogen-bond acceptors (Lipinski definition) is 6. The predicted octanol–water partition coefficient (Wildman–Crippen LogP) is 5.22. The fraction of sp³-hybridized carbons (Fsp3) is 0.179. The largest absolute Gasteiger partial charge is 0.334 e. The third-order valence-electron chi connectivity index (χ3n) is 6.12. The van der Waals surface area contributed by atoms with Gasteiger partial charge in [0.15, 0.2) is 5.82 Å². The molecule has 0 saturated heterocycles. The van der Waals surface area contributed by atoms with Crippen molar-refractivity contribution in [3.05, 3.63) is 100 Å². The fourth-order valence-corrected chi connectivity index (χ4v) is 4.12. The fourth-order valence-electron chi connectivity index (χ4n) is 4.12. The van der Waals surface area contributed by atoms with Gasteiger partial charge in [-0.25, -0.2) is 0 Å². The Bertz CT molecular complexity index is 1490. The van der Waals surface area contributed by atoms with Crippen LogP contribution in [0.2, 0.25) is 0 Å². The summed E-state index contributed by atoms with van der Waals surface area (Å²) in [5, 5.41) is 6.94. The second kappa shape index (κ2) is 9.22. The van der Waals surface area contributed by atoms with Gasteiger partial charge in [-0.2, -0.15) is 4.98 Å². The van der Waals surface area contributed by atoms with Gasteiger partial charge in [0.2, 0.25) is 0 Å². The summed E-state index contributed by atoms with van der Waals surface area (Å²) in [5.41, 5.74) is 3.56. The molecule has 1 aliphatic heterocycles. The normalized spacial score (nSPS) is 12.8. The number of aryl methyl sites for hydroxylation is 1. The molecular formula is C28H24N4O4. The van der Waals surface area contributed by atoms with E-state index in [2.05, 4.69) is 15.5 Å². The lowest BCUT2D eigenvalue weighted by atomic mass is 10.0. The number of rotatable bonds is 6. The molecule has 0 saturated carbocycles. The maximum absolute atomic E-state index is 13.2. The van der Waals surface area contributed by atoms with E-state index >= 15 is 0 Å². The highest BCUT2D eigenvalue weighted by Gasteiger charge is 2.36. The highest BCUT2D eigenvalue weighted by molar-refractivity contribution is 6.22. The third-order valence-corrected chi connectivity index (χ3v) is 6.12. The number of nitrogens with zero attached hydrogens (tertiary/aromatic N) is 3. The highest BCUT2D eigenvalue weighted by Crippen LogP contribution is 2.32. The Hall–Kier alpha value is -4.59. The monoisotopic (exact) mass is 480 g/mol. The summed E-state index contributed by atoms with van der Waals surface area (Å²) in [7, 11) is 0. The van der Waals surface area contributed by atoms with E-state index in [-0.39, 0.29) is 35.1 Å². The highest BCUT2D eigenvalue weighted by atomic mass is 16.5. The van der Waals surface area contributed by atoms with E-state index in [1.54, 1.807) is 12.1 Å². The molecule has 8 nitrogen and oxygen atoms in total. The van der Waals surface area contributed by atoms with Crippen molar-refractivity contribution in [3.63, 3.8) is 0 Å². The Morgan fingerprint density at radius 1 is 0.944 bits per heavy atom. The lowest BCUT2D eigenvalue weighted by molar-refractivity contribution is 0.0642. The molecule has 5 rings (SSSR count). The van der Waals surface area contributed by atoms with Crippen LogP contribution in [0.1, 0.15) is 67.8 Å². The minimum Gasteiger partial charge on any atom is -0.334 e. The quantitative estimate of drug-likeness (QED) is 0.380. The minimum atomic E-state index is -0.419. The van der Waals surface area contributed by atoms with Crippen LogP contribution in [0.3, 0.4) is 0 Å². The van der Waals surface area contributed by atoms with E-state index in [1.165, 1.54) is 17.0 Å². The predicted molar refractivity (Wildman–Crippen MR) is 134 cm³/mol. The molecule has 3 aromatic carbocycles. The van der Waals surface area contributed by atoms with Crippen molar-refractivity contribution in [3.8, 4) is 11.5 Å². The number of amides is 3. The van der Waals surface area contributed by atoms with Crippen molar-refractivity contribution in [1.82, 2.24) is 15.0 Å². The topological polar surface area (TPSA) is 105 Å². The van der Waals surface area contributed by atoms with E-state index in [1.807, 2.05) is 63.2 Å². The van der Waals surface area contributed by atoms with Crippen molar-refractivity contribution >= 4 is 23.4 Å². The van der Waals surface area contributed by atoms with Crippen LogP contribution in [0.5, 0.6) is 0 Å². The zero-order chi connectivity index (χ0) is 25.4. The molecular weight excluding hydrogens is 456 g/mol. The average Bonchev–Trinajstić information content (AvgIpc) is 3.46. The minimum absolute atomic E-state index is 0.0958. The molecule has 36 heavy (non-hydrogen) atoms. The molecule has 1 N–H and O–H groups in total. The van der Waals surface area contributed by atoms with Gasteiger partial charge in [-0.15, -0.1) is 0 Å². The number of aromatic nitrogens is 2. The molecule has 3 amide bonds. The van der Waals surface area contributed by atoms with Crippen molar-refractivity contribution < 1.29 is 18.9 Å². The van der Waals surface area contributed by atoms with Gasteiger partial charge < -0.3 is 9.84 Å². The number of imide groups is 1. The maximum Gasteiger partial charge on any atom is 0.261 e. The molecule has 0 radical (unpaired) electrons. The molecule has 0 atom stereocenters. The molecule has 2 heterocycles. The standard InChI is InChI=1S/C28H24N4O4/c1-16(2)24-30-26(36-31-24)21-11-7-8-17(3)23(21)29-25(33)19-12-13-20-22(14-19)28(35)32(27(20)34)15-18-9-5-4-6-10-18/h4-14,16H,15H2,1-3H3,(H,29,33). The van der Waals surface area contributed by atoms with Gasteiger partial charge in [0, 0.05) is 11.5 Å². The number of para-hydroxylation sites is 1. The summed E-state index contributed by atoms with van der Waals surface area (Å²) in [6, 6.07) is 19.4. The summed E-state index contributed by atoms with van der Waals surface area (Å²) in [6.45, 7) is 5.97. The Morgan fingerprint density at radius 3 is 2.42 bits per heavy atom. The first-order chi connectivity index (χ1) is 17.3. The van der Waals surface area contributed by atoms with Crippen LogP contribution in [-0.4, -0.2) is 32.8 Å². The number of carbonyl (C=O) groups is 3. The molecule has 4 aromatic rings. The zero-order valence-electron chi connectivity index (χ0n) is 20.1. The third kappa shape index (κ3) is 4.17. The van der Waals surface area contributed by atoms with E-state index in [0.29, 0.717) is 23.0 Å². The van der Waals surface area contributed by atoms with Crippen LogP contribution in [0, 0.1) is 6.92 Å². The smallest absolute Gasteiger partial charge is 0.261 e. The Balaban J connectivity index is 1.41. The molecule has 1 aliphatic rings. The van der Waals surface area contributed by atoms with Crippen molar-refractivity contribution in [1.29, 1.82) is 0 Å². The van der Waals surface area contributed by atoms with Gasteiger partial charge in [-0.1, -0.05) is 61.5 Å². The van der Waals surface area contributed by atoms with Gasteiger partial charge in [0.05, 0.1) is 28.9 Å². The van der Waals surface area contributed by atoms with Gasteiger partial charge in [0.1, 0.15) is 0 Å². The van der Waals surface area contributed by atoms with Crippen LogP contribution in [0.4, 0.5) is 5.69 Å². The molecule has 8 heteroatoms. The summed E-state index contributed by atoms with van der Waals surface area (Å²) in [4.78, 5) is 44.8. The first-order valence-corrected chi connectivity index (χ1v) is 11.6. The summed E-state index contributed by atoms with van der Waals surface area (Å²) in [5.74, 6) is -0.228. The summed E-state index contributed by atoms with van der Waals surface area (Å²) in [6.07, 6.45) is 0. The number of fused-ring (bicyclic) bond motifs is 1. The zero-order valence-corrected chi connectivity index (χ0v) is 20.1. The summed E-state index contributed by atoms with van der Waals surface area (Å²) >= 11 is 0. The van der Waals surface area contributed by atoms with Crippen LogP contribution in [-0.2, 0) is 6.54 Å². The molecule has 0 spiro atoms. The van der Waals surface area contributed by atoms with Crippen LogP contribution < -0.4 is 5.32 Å². The Kier molecular flexibility index (Phi) is 5.93. The number of hydrogen-bond donors (Lipinski definition) is 1. The molecule has 180 valence electrons. The van der Waals surface area contributed by atoms with E-state index in [0.717, 1.165) is 11.1 Å². The molecule has 0 aliphatic carbocycles. The van der Waals surface area contributed by atoms with Gasteiger partial charge >= 0.3 is 0 Å². The summed E-state index contributed by atoms with van der Waals surface area (Å²) < 4.78 is 5.44. The van der Waals surface area contributed by atoms with Crippen molar-refractivity contribution in [2.45, 2.75) is 33.2 Å². The van der Waals surface area contributed by atoms with Crippen molar-refractivity contribution in [2.75, 3.05) is 5.32 Å². The lowest BCUT2D eigenvalue weighted by Gasteiger charge is -2.13. The van der Waals surface area contributed by atoms with Gasteiger partial charge in [-0.05, 0) is 42.3 Å². The number of nitrogens with one attached hydrogen (secondary N) is 1. The Labute approximate surface area is 207 Å². The van der Waals surface area contributed by atoms with Crippen LogP contribution in [0.15, 0.2) is 71.3 Å². The van der Waals surface area contributed by atoms with E-state index < -0.39 is 11.8 Å². The Morgan fingerprint density at radius 2 is 1.69 bits per heavy atom. The molecule has 1 aromatic heterocycles. The van der Waals surface area contributed by atoms with Crippen LogP contribution in [0.25, 0.3) is 11.5 Å². The van der Waals surface area contributed by atoms with E-state index in [4.69, 9.17) is 4.52 Å². The first-order valence-electron chi connectivity index (χ1n) is 11.6. The number of benzene rings is 3. The van der Waals surface area contributed by atoms with Gasteiger partial charge in [0.25, 0.3) is 23.6 Å². The van der Waals surface area contributed by atoms with Gasteiger partial charge in [-0.3, -0.25) is 19.3 Å². The molecule has 0 fully saturated rings. The number of carbonyl (C=O) groups excluding carboxylic acids is 3. The second-order valence-electron chi connectivity index (χ2n) is 9.01. The second-order valence-corrected chi connectivity index (χ2v) is 9.01. The average molecular weight is 481 g/mol. The van der Waals surface area contributed by atoms with E-state index in [9.17, 15) is 14.4 Å². The molecule has 0 unspecified atom stereocenters. The first kappa shape index (κ1) is 23.2. The lowest BCUT2D eigenvalue weighted by Crippen LogP contribution is -2.29. The number of anilines is 1. The van der Waals surface area contributed by atoms with Crippen LogP contribution >= 0.6 is 0 Å².